The van der Waals surface area contributed by atoms with E-state index in [2.05, 4.69) is 40.2 Å². The van der Waals surface area contributed by atoms with Crippen molar-refractivity contribution in [3.05, 3.63) is 12.2 Å². The Hall–Kier alpha value is -0.430. The second-order valence-electron chi connectivity index (χ2n) is 3.28. The molecule has 3 nitrogen and oxygen atoms in total. The summed E-state index contributed by atoms with van der Waals surface area (Å²) in [4.78, 5) is 4.12. The van der Waals surface area contributed by atoms with Crippen LogP contribution in [0.5, 0.6) is 0 Å². The van der Waals surface area contributed by atoms with Gasteiger partial charge in [0.05, 0.1) is 0 Å². The Morgan fingerprint density at radius 1 is 1.50 bits per heavy atom. The first-order chi connectivity index (χ1) is 4.52. The number of nitrogens with zero attached hydrogens (tertiary/aromatic N) is 3. The van der Waals surface area contributed by atoms with Gasteiger partial charge in [0.2, 0.25) is 0 Å². The van der Waals surface area contributed by atoms with E-state index < -0.39 is 0 Å². The molecule has 0 radical (unpaired) electrons. The Morgan fingerprint density at radius 3 is 2.30 bits per heavy atom. The van der Waals surface area contributed by atoms with Crippen LogP contribution in [0.4, 0.5) is 0 Å². The van der Waals surface area contributed by atoms with Gasteiger partial charge in [-0.05, 0) is 9.39 Å². The third kappa shape index (κ3) is 1.35. The zero-order chi connectivity index (χ0) is 7.78. The van der Waals surface area contributed by atoms with E-state index in [1.165, 1.54) is 0 Å². The fraction of sp³-hybridized carbons (Fsp3) is 0.667. The molecule has 0 spiro atoms. The number of hydrogen-bond acceptors (Lipinski definition) is 2. The smallest absolute Gasteiger partial charge is 0.138 e. The first kappa shape index (κ1) is 7.67. The Kier molecular flexibility index (Phi) is 1.78. The van der Waals surface area contributed by atoms with Crippen molar-refractivity contribution in [2.24, 2.45) is 0 Å². The predicted molar refractivity (Wildman–Crippen MR) is 43.8 cm³/mol. The number of rotatable bonds is 0. The van der Waals surface area contributed by atoms with Crippen LogP contribution >= 0.6 is 9.39 Å². The summed E-state index contributed by atoms with van der Waals surface area (Å²) in [5, 5.41) is 3.95. The van der Waals surface area contributed by atoms with Gasteiger partial charge in [-0.25, -0.2) is 9.44 Å². The summed E-state index contributed by atoms with van der Waals surface area (Å²) < 4.78 is 1.72. The second-order valence-corrected chi connectivity index (χ2v) is 3.77. The highest BCUT2D eigenvalue weighted by Gasteiger charge is 2.18. The van der Waals surface area contributed by atoms with Gasteiger partial charge in [-0.15, -0.1) is 0 Å². The summed E-state index contributed by atoms with van der Waals surface area (Å²) in [5.74, 6) is 0.984. The lowest BCUT2D eigenvalue weighted by Gasteiger charge is -2.15. The van der Waals surface area contributed by atoms with Crippen LogP contribution in [0.3, 0.4) is 0 Å². The molecule has 0 saturated carbocycles. The highest BCUT2D eigenvalue weighted by Crippen LogP contribution is 2.19. The van der Waals surface area contributed by atoms with Gasteiger partial charge in [-0.1, -0.05) is 20.8 Å². The van der Waals surface area contributed by atoms with Crippen molar-refractivity contribution >= 4 is 9.39 Å². The van der Waals surface area contributed by atoms with Crippen molar-refractivity contribution in [2.75, 3.05) is 0 Å². The quantitative estimate of drug-likeness (QED) is 0.530. The molecule has 56 valence electrons. The van der Waals surface area contributed by atoms with Crippen LogP contribution < -0.4 is 0 Å². The molecule has 0 bridgehead atoms. The number of hydrogen-bond donors (Lipinski definition) is 0. The van der Waals surface area contributed by atoms with E-state index in [4.69, 9.17) is 0 Å². The van der Waals surface area contributed by atoms with Gasteiger partial charge in [0.1, 0.15) is 12.2 Å². The van der Waals surface area contributed by atoms with Crippen LogP contribution in [0.15, 0.2) is 6.33 Å². The summed E-state index contributed by atoms with van der Waals surface area (Å²) in [5.41, 5.74) is 0.0816. The minimum absolute atomic E-state index is 0.0816. The molecule has 1 atom stereocenters. The topological polar surface area (TPSA) is 30.7 Å². The Labute approximate surface area is 63.1 Å². The Balaban J connectivity index is 3.05. The highest BCUT2D eigenvalue weighted by atomic mass is 31.0. The van der Waals surface area contributed by atoms with E-state index in [0.29, 0.717) is 0 Å². The lowest BCUT2D eigenvalue weighted by atomic mass is 9.96. The van der Waals surface area contributed by atoms with Gasteiger partial charge in [-0.3, -0.25) is 0 Å². The van der Waals surface area contributed by atoms with Crippen LogP contribution in [-0.4, -0.2) is 14.5 Å². The maximum Gasteiger partial charge on any atom is 0.138 e. The van der Waals surface area contributed by atoms with Gasteiger partial charge in [0.15, 0.2) is 0 Å². The van der Waals surface area contributed by atoms with Gasteiger partial charge < -0.3 is 0 Å². The lowest BCUT2D eigenvalue weighted by Crippen LogP contribution is -2.15. The van der Waals surface area contributed by atoms with Gasteiger partial charge in [0.25, 0.3) is 0 Å². The minimum atomic E-state index is 0.0816. The Morgan fingerprint density at radius 2 is 2.10 bits per heavy atom. The summed E-state index contributed by atoms with van der Waals surface area (Å²) in [7, 11) is 2.50. The molecule has 10 heavy (non-hydrogen) atoms. The molecule has 0 aliphatic rings. The predicted octanol–water partition coefficient (Wildman–Crippen LogP) is 1.21. The van der Waals surface area contributed by atoms with E-state index in [0.717, 1.165) is 5.82 Å². The molecule has 0 saturated heterocycles. The molecule has 0 N–H and O–H groups in total. The molecule has 0 aliphatic carbocycles. The van der Waals surface area contributed by atoms with Crippen LogP contribution in [-0.2, 0) is 5.41 Å². The van der Waals surface area contributed by atoms with Gasteiger partial charge in [0, 0.05) is 5.41 Å². The van der Waals surface area contributed by atoms with Crippen LogP contribution in [0, 0.1) is 0 Å². The van der Waals surface area contributed by atoms with E-state index in [9.17, 15) is 0 Å². The summed E-state index contributed by atoms with van der Waals surface area (Å²) in [6, 6.07) is 0. The third-order valence-corrected chi connectivity index (χ3v) is 1.62. The molecule has 1 rings (SSSR count). The molecule has 4 heteroatoms. The zero-order valence-corrected chi connectivity index (χ0v) is 7.65. The molecular weight excluding hydrogens is 145 g/mol. The Bertz CT molecular complexity index is 223. The molecule has 0 amide bonds. The molecule has 0 aliphatic heterocycles. The molecule has 1 heterocycles. The molecule has 1 aromatic heterocycles. The fourth-order valence-corrected chi connectivity index (χ4v) is 1.30. The van der Waals surface area contributed by atoms with Crippen LogP contribution in [0.25, 0.3) is 0 Å². The second kappa shape index (κ2) is 2.31. The molecule has 1 unspecified atom stereocenters. The van der Waals surface area contributed by atoms with E-state index in [1.54, 1.807) is 10.8 Å². The molecule has 0 aromatic carbocycles. The average molecular weight is 157 g/mol. The highest BCUT2D eigenvalue weighted by molar-refractivity contribution is 7.14. The molecule has 0 fully saturated rings. The maximum atomic E-state index is 4.12. The van der Waals surface area contributed by atoms with Crippen molar-refractivity contribution in [1.29, 1.82) is 0 Å². The summed E-state index contributed by atoms with van der Waals surface area (Å²) in [6.45, 7) is 6.33. The van der Waals surface area contributed by atoms with E-state index >= 15 is 0 Å². The van der Waals surface area contributed by atoms with Crippen molar-refractivity contribution < 1.29 is 0 Å². The third-order valence-electron chi connectivity index (χ3n) is 1.24. The van der Waals surface area contributed by atoms with Gasteiger partial charge >= 0.3 is 0 Å². The fourth-order valence-electron chi connectivity index (χ4n) is 0.787. The van der Waals surface area contributed by atoms with E-state index in [1.807, 2.05) is 0 Å². The van der Waals surface area contributed by atoms with Crippen LogP contribution in [0.1, 0.15) is 26.6 Å². The standard InChI is InChI=1S/C6H12N3P/c1-6(2,3)5-7-4-8-9(5)10/h4H,10H2,1-3H3. The van der Waals surface area contributed by atoms with Crippen molar-refractivity contribution in [3.8, 4) is 0 Å². The largest absolute Gasteiger partial charge is 0.235 e. The average Bonchev–Trinajstić information content (AvgIpc) is 2.11. The van der Waals surface area contributed by atoms with Crippen molar-refractivity contribution in [3.63, 3.8) is 0 Å². The SMILES string of the molecule is CC(C)(C)c1ncnn1P. The molecular formula is C6H12N3P. The first-order valence-corrected chi connectivity index (χ1v) is 3.69. The van der Waals surface area contributed by atoms with E-state index in [-0.39, 0.29) is 5.41 Å². The first-order valence-electron chi connectivity index (χ1n) is 3.17. The van der Waals surface area contributed by atoms with Crippen molar-refractivity contribution in [1.82, 2.24) is 14.5 Å². The van der Waals surface area contributed by atoms with Gasteiger partial charge in [-0.2, -0.15) is 5.10 Å². The van der Waals surface area contributed by atoms with Crippen LogP contribution in [0.2, 0.25) is 0 Å². The summed E-state index contributed by atoms with van der Waals surface area (Å²) in [6.07, 6.45) is 1.56. The summed E-state index contributed by atoms with van der Waals surface area (Å²) >= 11 is 0. The maximum absolute atomic E-state index is 4.12. The zero-order valence-electron chi connectivity index (χ0n) is 6.50. The van der Waals surface area contributed by atoms with Crippen molar-refractivity contribution in [2.45, 2.75) is 26.2 Å². The number of aromatic nitrogens is 3. The lowest BCUT2D eigenvalue weighted by molar-refractivity contribution is 0.540. The monoisotopic (exact) mass is 157 g/mol. The minimum Gasteiger partial charge on any atom is -0.235 e. The molecule has 1 aromatic rings. The normalized spacial score (nSPS) is 12.0.